The number of piperidine rings is 1. The van der Waals surface area contributed by atoms with Gasteiger partial charge in [0.15, 0.2) is 5.78 Å². The molecular weight excluding hydrogens is 436 g/mol. The third-order valence-electron chi connectivity index (χ3n) is 6.84. The van der Waals surface area contributed by atoms with E-state index in [4.69, 9.17) is 0 Å². The molecule has 5 rings (SSSR count). The van der Waals surface area contributed by atoms with E-state index in [1.807, 2.05) is 18.2 Å². The summed E-state index contributed by atoms with van der Waals surface area (Å²) in [7, 11) is -3.71. The van der Waals surface area contributed by atoms with Crippen LogP contribution >= 0.6 is 0 Å². The average Bonchev–Trinajstić information content (AvgIpc) is 3.25. The number of ketones is 1. The van der Waals surface area contributed by atoms with Gasteiger partial charge in [-0.15, -0.1) is 0 Å². The van der Waals surface area contributed by atoms with Crippen molar-refractivity contribution in [2.24, 2.45) is 5.92 Å². The zero-order valence-electron chi connectivity index (χ0n) is 18.5. The standard InChI is InChI=1S/C26H26N2O4S/c1-17(29)21-5-2-6-22(16-21)33(31,32)28-14-12-20(13-15-28)26(30)27-24-11-10-19-9-8-18-4-3-7-23(24)25(18)19/h2-7,10-11,16,20H,8-9,12-15H2,1H3,(H,27,30). The number of benzene rings is 3. The first-order chi connectivity index (χ1) is 15.8. The van der Waals surface area contributed by atoms with Crippen LogP contribution in [0.4, 0.5) is 5.69 Å². The average molecular weight is 463 g/mol. The van der Waals surface area contributed by atoms with Gasteiger partial charge in [-0.05, 0) is 67.3 Å². The fourth-order valence-electron chi connectivity index (χ4n) is 4.97. The number of amides is 1. The Morgan fingerprint density at radius 1 is 0.939 bits per heavy atom. The number of carbonyl (C=O) groups excluding carboxylic acids is 2. The zero-order chi connectivity index (χ0) is 23.2. The molecule has 7 heteroatoms. The number of hydrogen-bond acceptors (Lipinski definition) is 4. The molecule has 1 aliphatic heterocycles. The number of Topliss-reactive ketones (excluding diaryl/α,β-unsaturated/α-hetero) is 1. The van der Waals surface area contributed by atoms with Gasteiger partial charge in [-0.1, -0.05) is 36.4 Å². The van der Waals surface area contributed by atoms with Crippen molar-refractivity contribution in [3.05, 3.63) is 71.3 Å². The van der Waals surface area contributed by atoms with Crippen molar-refractivity contribution in [3.8, 4) is 0 Å². The molecule has 1 saturated heterocycles. The maximum absolute atomic E-state index is 13.1. The van der Waals surface area contributed by atoms with Crippen molar-refractivity contribution in [3.63, 3.8) is 0 Å². The fraction of sp³-hybridized carbons (Fsp3) is 0.308. The van der Waals surface area contributed by atoms with Crippen LogP contribution in [0.25, 0.3) is 10.8 Å². The Balaban J connectivity index is 1.28. The number of hydrogen-bond donors (Lipinski definition) is 1. The van der Waals surface area contributed by atoms with Crippen LogP contribution < -0.4 is 5.32 Å². The minimum absolute atomic E-state index is 0.0654. The first-order valence-corrected chi connectivity index (χ1v) is 12.7. The van der Waals surface area contributed by atoms with Gasteiger partial charge in [0.1, 0.15) is 0 Å². The minimum atomic E-state index is -3.71. The minimum Gasteiger partial charge on any atom is -0.325 e. The predicted molar refractivity (Wildman–Crippen MR) is 128 cm³/mol. The van der Waals surface area contributed by atoms with E-state index >= 15 is 0 Å². The van der Waals surface area contributed by atoms with Gasteiger partial charge in [-0.25, -0.2) is 8.42 Å². The molecule has 6 nitrogen and oxygen atoms in total. The second-order valence-electron chi connectivity index (χ2n) is 8.86. The summed E-state index contributed by atoms with van der Waals surface area (Å²) < 4.78 is 27.5. The molecule has 3 aromatic rings. The molecule has 3 aromatic carbocycles. The van der Waals surface area contributed by atoms with Crippen molar-refractivity contribution in [2.45, 2.75) is 37.5 Å². The van der Waals surface area contributed by atoms with Gasteiger partial charge in [0.2, 0.25) is 15.9 Å². The molecule has 33 heavy (non-hydrogen) atoms. The van der Waals surface area contributed by atoms with Crippen LogP contribution in [-0.2, 0) is 27.7 Å². The number of nitrogens with one attached hydrogen (secondary N) is 1. The Morgan fingerprint density at radius 2 is 1.64 bits per heavy atom. The van der Waals surface area contributed by atoms with Crippen molar-refractivity contribution >= 4 is 38.2 Å². The predicted octanol–water partition coefficient (Wildman–Crippen LogP) is 4.18. The van der Waals surface area contributed by atoms with Crippen LogP contribution in [0.5, 0.6) is 0 Å². The largest absolute Gasteiger partial charge is 0.325 e. The van der Waals surface area contributed by atoms with Crippen LogP contribution in [0.2, 0.25) is 0 Å². The van der Waals surface area contributed by atoms with Gasteiger partial charge in [0.05, 0.1) is 4.90 Å². The van der Waals surface area contributed by atoms with Gasteiger partial charge in [0.25, 0.3) is 0 Å². The number of aryl methyl sites for hydroxylation is 2. The third kappa shape index (κ3) is 3.96. The van der Waals surface area contributed by atoms with Crippen molar-refractivity contribution in [1.29, 1.82) is 0 Å². The molecule has 2 aliphatic rings. The molecule has 1 fully saturated rings. The highest BCUT2D eigenvalue weighted by molar-refractivity contribution is 7.89. The zero-order valence-corrected chi connectivity index (χ0v) is 19.3. The summed E-state index contributed by atoms with van der Waals surface area (Å²) in [5, 5.41) is 5.42. The van der Waals surface area contributed by atoms with Crippen LogP contribution in [0.1, 0.15) is 41.3 Å². The van der Waals surface area contributed by atoms with E-state index in [0.717, 1.165) is 23.9 Å². The lowest BCUT2D eigenvalue weighted by atomic mass is 9.96. The highest BCUT2D eigenvalue weighted by atomic mass is 32.2. The van der Waals surface area contributed by atoms with E-state index in [1.165, 1.54) is 39.9 Å². The molecule has 0 saturated carbocycles. The highest BCUT2D eigenvalue weighted by Crippen LogP contribution is 2.35. The van der Waals surface area contributed by atoms with E-state index in [0.29, 0.717) is 18.4 Å². The van der Waals surface area contributed by atoms with Crippen LogP contribution in [0.15, 0.2) is 59.5 Å². The SMILES string of the molecule is CC(=O)c1cccc(S(=O)(=O)N2CCC(C(=O)Nc3ccc4c5c(cccc35)CC4)CC2)c1. The maximum atomic E-state index is 13.1. The molecule has 0 bridgehead atoms. The quantitative estimate of drug-likeness (QED) is 0.577. The number of nitrogens with zero attached hydrogens (tertiary/aromatic N) is 1. The molecule has 0 spiro atoms. The normalized spacial score (nSPS) is 16.8. The lowest BCUT2D eigenvalue weighted by Gasteiger charge is -2.30. The topological polar surface area (TPSA) is 83.6 Å². The Morgan fingerprint density at radius 3 is 2.36 bits per heavy atom. The summed E-state index contributed by atoms with van der Waals surface area (Å²) in [4.78, 5) is 24.8. The number of rotatable bonds is 5. The van der Waals surface area contributed by atoms with Crippen molar-refractivity contribution in [2.75, 3.05) is 18.4 Å². The lowest BCUT2D eigenvalue weighted by molar-refractivity contribution is -0.120. The molecule has 0 atom stereocenters. The van der Waals surface area contributed by atoms with Crippen LogP contribution in [0.3, 0.4) is 0 Å². The van der Waals surface area contributed by atoms with Crippen molar-refractivity contribution < 1.29 is 18.0 Å². The second-order valence-corrected chi connectivity index (χ2v) is 10.8. The lowest BCUT2D eigenvalue weighted by Crippen LogP contribution is -2.41. The highest BCUT2D eigenvalue weighted by Gasteiger charge is 2.32. The van der Waals surface area contributed by atoms with E-state index in [2.05, 4.69) is 17.4 Å². The van der Waals surface area contributed by atoms with Gasteiger partial charge >= 0.3 is 0 Å². The van der Waals surface area contributed by atoms with Crippen LogP contribution in [0, 0.1) is 5.92 Å². The van der Waals surface area contributed by atoms with Gasteiger partial charge in [-0.2, -0.15) is 4.31 Å². The first-order valence-electron chi connectivity index (χ1n) is 11.3. The molecule has 170 valence electrons. The van der Waals surface area contributed by atoms with E-state index < -0.39 is 10.0 Å². The molecule has 1 heterocycles. The second kappa shape index (κ2) is 8.39. The van der Waals surface area contributed by atoms with E-state index in [-0.39, 0.29) is 35.6 Å². The summed E-state index contributed by atoms with van der Waals surface area (Å²) in [5.74, 6) is -0.488. The molecule has 0 aromatic heterocycles. The van der Waals surface area contributed by atoms with Gasteiger partial charge < -0.3 is 5.32 Å². The monoisotopic (exact) mass is 462 g/mol. The summed E-state index contributed by atoms with van der Waals surface area (Å²) in [6.07, 6.45) is 2.98. The third-order valence-corrected chi connectivity index (χ3v) is 8.73. The molecular formula is C26H26N2O4S. The molecule has 1 N–H and O–H groups in total. The Labute approximate surface area is 193 Å². The Hall–Kier alpha value is -3.03. The first kappa shape index (κ1) is 21.8. The van der Waals surface area contributed by atoms with Crippen LogP contribution in [-0.4, -0.2) is 37.5 Å². The summed E-state index contributed by atoms with van der Waals surface area (Å²) in [5.41, 5.74) is 3.84. The van der Waals surface area contributed by atoms with Crippen molar-refractivity contribution in [1.82, 2.24) is 4.31 Å². The van der Waals surface area contributed by atoms with Gasteiger partial charge in [0, 0.05) is 35.6 Å². The summed E-state index contributed by atoms with van der Waals surface area (Å²) >= 11 is 0. The maximum Gasteiger partial charge on any atom is 0.243 e. The summed E-state index contributed by atoms with van der Waals surface area (Å²) in [6.45, 7) is 1.96. The number of anilines is 1. The van der Waals surface area contributed by atoms with E-state index in [9.17, 15) is 18.0 Å². The number of carbonyl (C=O) groups is 2. The van der Waals surface area contributed by atoms with E-state index in [1.54, 1.807) is 12.1 Å². The molecule has 1 aliphatic carbocycles. The molecule has 1 amide bonds. The molecule has 0 unspecified atom stereocenters. The smallest absolute Gasteiger partial charge is 0.243 e. The molecule has 0 radical (unpaired) electrons. The Bertz CT molecular complexity index is 1360. The Kier molecular flexibility index (Phi) is 5.54. The summed E-state index contributed by atoms with van der Waals surface area (Å²) in [6, 6.07) is 16.4. The van der Waals surface area contributed by atoms with Gasteiger partial charge in [-0.3, -0.25) is 9.59 Å². The fourth-order valence-corrected chi connectivity index (χ4v) is 6.49. The number of sulfonamides is 1.